The molecule has 5 nitrogen and oxygen atoms in total. The van der Waals surface area contributed by atoms with E-state index in [-0.39, 0.29) is 23.1 Å². The predicted octanol–water partition coefficient (Wildman–Crippen LogP) is 4.60. The van der Waals surface area contributed by atoms with Crippen LogP contribution in [0.4, 0.5) is 24.0 Å². The molecule has 3 aromatic rings. The van der Waals surface area contributed by atoms with Crippen LogP contribution in [0.3, 0.4) is 0 Å². The van der Waals surface area contributed by atoms with E-state index < -0.39 is 34.9 Å². The zero-order valence-electron chi connectivity index (χ0n) is 14.5. The fraction of sp³-hybridized carbons (Fsp3) is 0.105. The Bertz CT molecular complexity index is 1020. The molecule has 0 unspecified atom stereocenters. The number of benzene rings is 2. The number of thiazole rings is 1. The Morgan fingerprint density at radius 2 is 1.68 bits per heavy atom. The van der Waals surface area contributed by atoms with Crippen LogP contribution in [0.1, 0.15) is 23.0 Å². The number of hydrogen-bond acceptors (Lipinski definition) is 5. The third kappa shape index (κ3) is 4.04. The molecule has 3 rings (SSSR count). The van der Waals surface area contributed by atoms with E-state index in [1.807, 2.05) is 0 Å². The molecule has 144 valence electrons. The highest BCUT2D eigenvalue weighted by Crippen LogP contribution is 2.31. The van der Waals surface area contributed by atoms with E-state index in [2.05, 4.69) is 4.98 Å². The lowest BCUT2D eigenvalue weighted by Gasteiger charge is -2.18. The molecular formula is C19H13F3N2O3S. The third-order valence-corrected chi connectivity index (χ3v) is 4.53. The molecule has 0 spiro atoms. The lowest BCUT2D eigenvalue weighted by atomic mass is 10.2. The van der Waals surface area contributed by atoms with Crippen LogP contribution in [0.5, 0.6) is 0 Å². The largest absolute Gasteiger partial charge is 0.455 e. The van der Waals surface area contributed by atoms with Gasteiger partial charge in [0.25, 0.3) is 0 Å². The van der Waals surface area contributed by atoms with Crippen molar-refractivity contribution in [1.29, 1.82) is 0 Å². The van der Waals surface area contributed by atoms with Gasteiger partial charge in [-0.1, -0.05) is 18.2 Å². The molecule has 0 N–H and O–H groups in total. The maximum absolute atomic E-state index is 14.1. The summed E-state index contributed by atoms with van der Waals surface area (Å²) in [4.78, 5) is 29.2. The summed E-state index contributed by atoms with van der Waals surface area (Å²) in [6.45, 7) is 0.890. The van der Waals surface area contributed by atoms with Crippen LogP contribution in [0.25, 0.3) is 0 Å². The Labute approximate surface area is 162 Å². The van der Waals surface area contributed by atoms with Gasteiger partial charge >= 0.3 is 5.97 Å². The van der Waals surface area contributed by atoms with Gasteiger partial charge in [-0.05, 0) is 24.3 Å². The number of rotatable bonds is 5. The minimum atomic E-state index is -1.18. The number of hydrogen-bond donors (Lipinski definition) is 0. The van der Waals surface area contributed by atoms with Gasteiger partial charge in [0.15, 0.2) is 5.13 Å². The number of carbonyl (C=O) groups excluding carboxylic acids is 2. The molecule has 0 fully saturated rings. The van der Waals surface area contributed by atoms with Crippen molar-refractivity contribution in [3.63, 3.8) is 0 Å². The van der Waals surface area contributed by atoms with Crippen molar-refractivity contribution < 1.29 is 27.5 Å². The molecule has 1 aromatic heterocycles. The highest BCUT2D eigenvalue weighted by Gasteiger charge is 2.22. The monoisotopic (exact) mass is 406 g/mol. The Hall–Kier alpha value is -3.20. The van der Waals surface area contributed by atoms with E-state index in [1.54, 1.807) is 6.07 Å². The lowest BCUT2D eigenvalue weighted by molar-refractivity contribution is -0.115. The van der Waals surface area contributed by atoms with Gasteiger partial charge < -0.3 is 4.74 Å². The molecule has 0 saturated heterocycles. The lowest BCUT2D eigenvalue weighted by Crippen LogP contribution is -2.23. The van der Waals surface area contributed by atoms with Gasteiger partial charge in [-0.15, -0.1) is 11.3 Å². The summed E-state index contributed by atoms with van der Waals surface area (Å²) in [5.74, 6) is -4.31. The first-order valence-electron chi connectivity index (χ1n) is 7.99. The van der Waals surface area contributed by atoms with Crippen LogP contribution in [-0.2, 0) is 16.1 Å². The SMILES string of the molecule is CC(=O)N(c1nc(COC(=O)c2c(F)cccc2F)cs1)c1ccccc1F. The fourth-order valence-corrected chi connectivity index (χ4v) is 3.27. The second-order valence-corrected chi connectivity index (χ2v) is 6.44. The Balaban J connectivity index is 1.77. The van der Waals surface area contributed by atoms with Gasteiger partial charge in [0.1, 0.15) is 29.6 Å². The number of halogens is 3. The summed E-state index contributed by atoms with van der Waals surface area (Å²) >= 11 is 1.03. The summed E-state index contributed by atoms with van der Waals surface area (Å²) in [5, 5.41) is 1.66. The van der Waals surface area contributed by atoms with Gasteiger partial charge in [0, 0.05) is 12.3 Å². The Kier molecular flexibility index (Phi) is 5.74. The molecule has 0 aliphatic rings. The standard InChI is InChI=1S/C19H13F3N2O3S/c1-11(25)24(16-8-3-2-5-13(16)20)19-23-12(10-28-19)9-27-18(26)17-14(21)6-4-7-15(17)22/h2-8,10H,9H2,1H3. The van der Waals surface area contributed by atoms with Crippen molar-refractivity contribution in [2.45, 2.75) is 13.5 Å². The maximum atomic E-state index is 14.1. The second-order valence-electron chi connectivity index (χ2n) is 5.60. The molecule has 0 aliphatic carbocycles. The molecule has 0 saturated carbocycles. The van der Waals surface area contributed by atoms with Crippen molar-refractivity contribution in [2.24, 2.45) is 0 Å². The van der Waals surface area contributed by atoms with E-state index in [0.29, 0.717) is 0 Å². The summed E-state index contributed by atoms with van der Waals surface area (Å²) in [6, 6.07) is 8.73. The van der Waals surface area contributed by atoms with Crippen molar-refractivity contribution in [1.82, 2.24) is 4.98 Å². The number of esters is 1. The van der Waals surface area contributed by atoms with Gasteiger partial charge in [0.05, 0.1) is 11.4 Å². The maximum Gasteiger partial charge on any atom is 0.344 e. The first-order valence-corrected chi connectivity index (χ1v) is 8.87. The fourth-order valence-electron chi connectivity index (χ4n) is 2.41. The zero-order chi connectivity index (χ0) is 20.3. The molecule has 1 amide bonds. The normalized spacial score (nSPS) is 10.6. The van der Waals surface area contributed by atoms with Crippen LogP contribution in [0, 0.1) is 17.5 Å². The molecule has 1 heterocycles. The van der Waals surface area contributed by atoms with E-state index in [9.17, 15) is 22.8 Å². The van der Waals surface area contributed by atoms with E-state index >= 15 is 0 Å². The van der Waals surface area contributed by atoms with Crippen molar-refractivity contribution in [3.05, 3.63) is 76.6 Å². The van der Waals surface area contributed by atoms with Crippen LogP contribution in [0.15, 0.2) is 47.8 Å². The van der Waals surface area contributed by atoms with Crippen LogP contribution in [-0.4, -0.2) is 16.9 Å². The average Bonchev–Trinajstić information content (AvgIpc) is 3.10. The van der Waals surface area contributed by atoms with Crippen LogP contribution < -0.4 is 4.90 Å². The minimum Gasteiger partial charge on any atom is -0.455 e. The van der Waals surface area contributed by atoms with Crippen LogP contribution >= 0.6 is 11.3 Å². The zero-order valence-corrected chi connectivity index (χ0v) is 15.3. The van der Waals surface area contributed by atoms with Gasteiger partial charge in [-0.2, -0.15) is 0 Å². The predicted molar refractivity (Wildman–Crippen MR) is 96.8 cm³/mol. The highest BCUT2D eigenvalue weighted by atomic mass is 32.1. The molecule has 0 aliphatic heterocycles. The number of amides is 1. The Morgan fingerprint density at radius 3 is 2.32 bits per heavy atom. The van der Waals surface area contributed by atoms with Crippen molar-refractivity contribution >= 4 is 34.0 Å². The van der Waals surface area contributed by atoms with E-state index in [4.69, 9.17) is 4.74 Å². The van der Waals surface area contributed by atoms with Gasteiger partial charge in [-0.25, -0.2) is 22.9 Å². The molecule has 2 aromatic carbocycles. The molecule has 9 heteroatoms. The second kappa shape index (κ2) is 8.22. The van der Waals surface area contributed by atoms with E-state index in [1.165, 1.54) is 30.5 Å². The summed E-state index contributed by atoms with van der Waals surface area (Å²) in [7, 11) is 0. The molecule has 28 heavy (non-hydrogen) atoms. The van der Waals surface area contributed by atoms with E-state index in [0.717, 1.165) is 34.4 Å². The van der Waals surface area contributed by atoms with Gasteiger partial charge in [-0.3, -0.25) is 9.69 Å². The number of carbonyl (C=O) groups is 2. The third-order valence-electron chi connectivity index (χ3n) is 3.66. The smallest absolute Gasteiger partial charge is 0.344 e. The molecule has 0 atom stereocenters. The minimum absolute atomic E-state index is 0.0290. The first kappa shape index (κ1) is 19.6. The topological polar surface area (TPSA) is 59.5 Å². The number of anilines is 2. The summed E-state index contributed by atoms with van der Waals surface area (Å²) < 4.78 is 46.2. The summed E-state index contributed by atoms with van der Waals surface area (Å²) in [6.07, 6.45) is 0. The number of aromatic nitrogens is 1. The van der Waals surface area contributed by atoms with Crippen LogP contribution in [0.2, 0.25) is 0 Å². The summed E-state index contributed by atoms with van der Waals surface area (Å²) in [5.41, 5.74) is -0.524. The molecule has 0 bridgehead atoms. The number of nitrogens with zero attached hydrogens (tertiary/aromatic N) is 2. The average molecular weight is 406 g/mol. The molecule has 0 radical (unpaired) electrons. The van der Waals surface area contributed by atoms with Gasteiger partial charge in [0.2, 0.25) is 5.91 Å². The van der Waals surface area contributed by atoms with Crippen molar-refractivity contribution in [3.8, 4) is 0 Å². The Morgan fingerprint density at radius 1 is 1.04 bits per heavy atom. The first-order chi connectivity index (χ1) is 13.4. The number of para-hydroxylation sites is 1. The quantitative estimate of drug-likeness (QED) is 0.581. The number of ether oxygens (including phenoxy) is 1. The highest BCUT2D eigenvalue weighted by molar-refractivity contribution is 7.14. The van der Waals surface area contributed by atoms with Crippen molar-refractivity contribution in [2.75, 3.05) is 4.90 Å². The molecular weight excluding hydrogens is 393 g/mol.